The van der Waals surface area contributed by atoms with Crippen LogP contribution in [-0.2, 0) is 6.42 Å². The van der Waals surface area contributed by atoms with E-state index in [2.05, 4.69) is 50.2 Å². The van der Waals surface area contributed by atoms with Crippen molar-refractivity contribution in [3.8, 4) is 0 Å². The second-order valence-electron chi connectivity index (χ2n) is 8.26. The molecule has 0 aliphatic heterocycles. The molecule has 0 nitrogen and oxygen atoms in total. The summed E-state index contributed by atoms with van der Waals surface area (Å²) in [5.74, 6) is 1.80. The van der Waals surface area contributed by atoms with Crippen LogP contribution in [0, 0.1) is 5.92 Å². The Hall–Kier alpha value is -1.30. The van der Waals surface area contributed by atoms with E-state index in [1.54, 1.807) is 5.56 Å². The number of hydrogen-bond donors (Lipinski definition) is 0. The van der Waals surface area contributed by atoms with Gasteiger partial charge in [-0.1, -0.05) is 88.8 Å². The lowest BCUT2D eigenvalue weighted by atomic mass is 9.76. The largest absolute Gasteiger partial charge is 0.0654 e. The van der Waals surface area contributed by atoms with E-state index >= 15 is 0 Å². The number of fused-ring (bicyclic) bond motifs is 1. The molecular weight excluding hydrogens is 300 g/mol. The molecule has 0 radical (unpaired) electrons. The van der Waals surface area contributed by atoms with Crippen molar-refractivity contribution >= 4 is 10.8 Å². The molecule has 0 heterocycles. The molecule has 0 bridgehead atoms. The Morgan fingerprint density at radius 2 is 1.52 bits per heavy atom. The van der Waals surface area contributed by atoms with Crippen molar-refractivity contribution in [2.45, 2.75) is 90.4 Å². The molecule has 0 aromatic heterocycles. The molecule has 1 aliphatic carbocycles. The monoisotopic (exact) mass is 336 g/mol. The van der Waals surface area contributed by atoms with Gasteiger partial charge in [0, 0.05) is 0 Å². The molecule has 0 N–H and O–H groups in total. The van der Waals surface area contributed by atoms with Gasteiger partial charge < -0.3 is 0 Å². The summed E-state index contributed by atoms with van der Waals surface area (Å²) in [4.78, 5) is 0. The fourth-order valence-electron chi connectivity index (χ4n) is 4.66. The topological polar surface area (TPSA) is 0 Å². The Morgan fingerprint density at radius 3 is 2.28 bits per heavy atom. The molecule has 1 aliphatic rings. The lowest BCUT2D eigenvalue weighted by Crippen LogP contribution is -2.13. The molecule has 0 amide bonds. The highest BCUT2D eigenvalue weighted by Gasteiger charge is 2.22. The van der Waals surface area contributed by atoms with Crippen LogP contribution >= 0.6 is 0 Å². The molecule has 0 spiro atoms. The SMILES string of the molecule is CCCCCC[C@H]1CC[C@H](c2ccc3cc(CCC)ccc3c2)CC1. The molecule has 0 unspecified atom stereocenters. The molecule has 25 heavy (non-hydrogen) atoms. The van der Waals surface area contributed by atoms with Crippen LogP contribution in [0.3, 0.4) is 0 Å². The van der Waals surface area contributed by atoms with E-state index < -0.39 is 0 Å². The molecule has 0 heteroatoms. The molecule has 2 aromatic rings. The number of rotatable bonds is 8. The zero-order valence-corrected chi connectivity index (χ0v) is 16.4. The lowest BCUT2D eigenvalue weighted by molar-refractivity contribution is 0.302. The smallest absolute Gasteiger partial charge is 0.0162 e. The Labute approximate surface area is 155 Å². The minimum absolute atomic E-state index is 0.798. The van der Waals surface area contributed by atoms with Crippen LogP contribution in [0.2, 0.25) is 0 Å². The normalized spacial score (nSPS) is 20.9. The molecular formula is C25H36. The molecule has 136 valence electrons. The van der Waals surface area contributed by atoms with Gasteiger partial charge in [-0.3, -0.25) is 0 Å². The van der Waals surface area contributed by atoms with Crippen LogP contribution in [0.25, 0.3) is 10.8 Å². The number of benzene rings is 2. The van der Waals surface area contributed by atoms with Crippen molar-refractivity contribution in [1.82, 2.24) is 0 Å². The van der Waals surface area contributed by atoms with Crippen LogP contribution in [-0.4, -0.2) is 0 Å². The zero-order valence-electron chi connectivity index (χ0n) is 16.4. The van der Waals surface area contributed by atoms with Crippen molar-refractivity contribution in [1.29, 1.82) is 0 Å². The number of aryl methyl sites for hydroxylation is 1. The third kappa shape index (κ3) is 5.09. The standard InChI is InChI=1S/C25H36/c1-3-5-6-7-9-20-10-13-22(14-11-20)24-17-16-23-18-21(8-4-2)12-15-25(23)19-24/h12,15-20,22H,3-11,13-14H2,1-2H3/t20-,22-. The van der Waals surface area contributed by atoms with Gasteiger partial charge in [-0.25, -0.2) is 0 Å². The van der Waals surface area contributed by atoms with Gasteiger partial charge in [0.2, 0.25) is 0 Å². The van der Waals surface area contributed by atoms with Crippen LogP contribution in [0.15, 0.2) is 36.4 Å². The van der Waals surface area contributed by atoms with E-state index in [-0.39, 0.29) is 0 Å². The van der Waals surface area contributed by atoms with Gasteiger partial charge in [-0.05, 0) is 65.8 Å². The summed E-state index contributed by atoms with van der Waals surface area (Å²) in [7, 11) is 0. The van der Waals surface area contributed by atoms with E-state index in [0.717, 1.165) is 11.8 Å². The first kappa shape index (κ1) is 18.5. The Bertz CT molecular complexity index is 646. The molecule has 1 saturated carbocycles. The maximum absolute atomic E-state index is 2.47. The number of unbranched alkanes of at least 4 members (excludes halogenated alkanes) is 3. The average molecular weight is 337 g/mol. The highest BCUT2D eigenvalue weighted by molar-refractivity contribution is 5.84. The van der Waals surface area contributed by atoms with Crippen molar-refractivity contribution in [2.24, 2.45) is 5.92 Å². The van der Waals surface area contributed by atoms with Crippen molar-refractivity contribution in [2.75, 3.05) is 0 Å². The van der Waals surface area contributed by atoms with Gasteiger partial charge in [0.15, 0.2) is 0 Å². The van der Waals surface area contributed by atoms with Crippen molar-refractivity contribution in [3.05, 3.63) is 47.5 Å². The Morgan fingerprint density at radius 1 is 0.760 bits per heavy atom. The van der Waals surface area contributed by atoms with Gasteiger partial charge in [0.25, 0.3) is 0 Å². The van der Waals surface area contributed by atoms with Gasteiger partial charge in [-0.2, -0.15) is 0 Å². The van der Waals surface area contributed by atoms with Crippen LogP contribution in [0.1, 0.15) is 95.1 Å². The Balaban J connectivity index is 1.57. The summed E-state index contributed by atoms with van der Waals surface area (Å²) in [5, 5.41) is 2.85. The lowest BCUT2D eigenvalue weighted by Gasteiger charge is -2.29. The van der Waals surface area contributed by atoms with E-state index in [9.17, 15) is 0 Å². The van der Waals surface area contributed by atoms with Crippen molar-refractivity contribution < 1.29 is 0 Å². The third-order valence-electron chi connectivity index (χ3n) is 6.25. The fraction of sp³-hybridized carbons (Fsp3) is 0.600. The Kier molecular flexibility index (Phi) is 6.96. The first-order chi connectivity index (χ1) is 12.3. The average Bonchev–Trinajstić information content (AvgIpc) is 2.66. The molecule has 0 atom stereocenters. The van der Waals surface area contributed by atoms with Gasteiger partial charge in [0.1, 0.15) is 0 Å². The molecule has 2 aromatic carbocycles. The highest BCUT2D eigenvalue weighted by Crippen LogP contribution is 2.38. The predicted octanol–water partition coefficient (Wildman–Crippen LogP) is 8.04. The quantitative estimate of drug-likeness (QED) is 0.428. The summed E-state index contributed by atoms with van der Waals surface area (Å²) in [6, 6.07) is 14.3. The van der Waals surface area contributed by atoms with Gasteiger partial charge >= 0.3 is 0 Å². The van der Waals surface area contributed by atoms with Gasteiger partial charge in [0.05, 0.1) is 0 Å². The van der Waals surface area contributed by atoms with Crippen LogP contribution < -0.4 is 0 Å². The molecule has 1 fully saturated rings. The molecule has 0 saturated heterocycles. The summed E-state index contributed by atoms with van der Waals surface area (Å²) in [6.45, 7) is 4.56. The summed E-state index contributed by atoms with van der Waals surface area (Å²) in [5.41, 5.74) is 3.06. The van der Waals surface area contributed by atoms with E-state index in [4.69, 9.17) is 0 Å². The van der Waals surface area contributed by atoms with E-state index in [1.807, 2.05) is 0 Å². The van der Waals surface area contributed by atoms with Crippen molar-refractivity contribution in [3.63, 3.8) is 0 Å². The minimum atomic E-state index is 0.798. The van der Waals surface area contributed by atoms with E-state index in [0.29, 0.717) is 0 Å². The summed E-state index contributed by atoms with van der Waals surface area (Å²) in [6.07, 6.45) is 15.3. The summed E-state index contributed by atoms with van der Waals surface area (Å²) >= 11 is 0. The summed E-state index contributed by atoms with van der Waals surface area (Å²) < 4.78 is 0. The van der Waals surface area contributed by atoms with Gasteiger partial charge in [-0.15, -0.1) is 0 Å². The molecule has 3 rings (SSSR count). The van der Waals surface area contributed by atoms with Crippen LogP contribution in [0.5, 0.6) is 0 Å². The first-order valence-corrected chi connectivity index (χ1v) is 10.8. The minimum Gasteiger partial charge on any atom is -0.0654 e. The fourth-order valence-corrected chi connectivity index (χ4v) is 4.66. The van der Waals surface area contributed by atoms with Crippen LogP contribution in [0.4, 0.5) is 0 Å². The maximum Gasteiger partial charge on any atom is -0.0162 e. The third-order valence-corrected chi connectivity index (χ3v) is 6.25. The second-order valence-corrected chi connectivity index (χ2v) is 8.26. The predicted molar refractivity (Wildman–Crippen MR) is 111 cm³/mol. The highest BCUT2D eigenvalue weighted by atomic mass is 14.3. The van der Waals surface area contributed by atoms with E-state index in [1.165, 1.54) is 87.0 Å². The first-order valence-electron chi connectivity index (χ1n) is 10.8. The maximum atomic E-state index is 2.47. The number of hydrogen-bond acceptors (Lipinski definition) is 0. The second kappa shape index (κ2) is 9.41. The zero-order chi connectivity index (χ0) is 17.5.